The smallest absolute Gasteiger partial charge is 0.124 e. The molecule has 1 rings (SSSR count). The first-order valence-electron chi connectivity index (χ1n) is 6.85. The van der Waals surface area contributed by atoms with Gasteiger partial charge < -0.3 is 15.0 Å². The summed E-state index contributed by atoms with van der Waals surface area (Å²) in [6.07, 6.45) is 1.11. The minimum Gasteiger partial charge on any atom is -0.492 e. The van der Waals surface area contributed by atoms with Crippen molar-refractivity contribution in [1.82, 2.24) is 10.2 Å². The Hall–Kier alpha value is -0.770. The van der Waals surface area contributed by atoms with Crippen LogP contribution in [0.3, 0.4) is 0 Å². The molecule has 0 radical (unpaired) electrons. The maximum atomic E-state index is 6.09. The molecular weight excluding hydrogens is 260 g/mol. The van der Waals surface area contributed by atoms with Gasteiger partial charge in [0.05, 0.1) is 0 Å². The van der Waals surface area contributed by atoms with Gasteiger partial charge in [0.15, 0.2) is 0 Å². The van der Waals surface area contributed by atoms with E-state index in [1.54, 1.807) is 0 Å². The third kappa shape index (κ3) is 5.81. The molecule has 1 N–H and O–H groups in total. The van der Waals surface area contributed by atoms with Crippen molar-refractivity contribution in [2.24, 2.45) is 0 Å². The zero-order valence-electron chi connectivity index (χ0n) is 12.4. The average molecular weight is 285 g/mol. The highest BCUT2D eigenvalue weighted by Crippen LogP contribution is 2.28. The number of rotatable bonds is 8. The van der Waals surface area contributed by atoms with E-state index in [4.69, 9.17) is 16.3 Å². The van der Waals surface area contributed by atoms with Crippen molar-refractivity contribution in [2.45, 2.75) is 26.3 Å². The number of nitrogens with zero attached hydrogens (tertiary/aromatic N) is 1. The predicted octanol–water partition coefficient (Wildman–Crippen LogP) is 3.34. The molecule has 0 saturated carbocycles. The number of nitrogens with one attached hydrogen (secondary N) is 1. The van der Waals surface area contributed by atoms with E-state index in [-0.39, 0.29) is 6.04 Å². The molecule has 3 nitrogen and oxygen atoms in total. The van der Waals surface area contributed by atoms with Crippen molar-refractivity contribution in [1.29, 1.82) is 0 Å². The van der Waals surface area contributed by atoms with E-state index in [9.17, 15) is 0 Å². The minimum absolute atomic E-state index is 0.244. The van der Waals surface area contributed by atoms with Crippen molar-refractivity contribution >= 4 is 11.6 Å². The molecule has 0 aromatic heterocycles. The molecule has 4 heteroatoms. The summed E-state index contributed by atoms with van der Waals surface area (Å²) in [6.45, 7) is 6.87. The number of hydrogen-bond donors (Lipinski definition) is 1. The molecule has 1 aromatic rings. The quantitative estimate of drug-likeness (QED) is 0.792. The van der Waals surface area contributed by atoms with Crippen molar-refractivity contribution < 1.29 is 4.74 Å². The fourth-order valence-corrected chi connectivity index (χ4v) is 1.98. The summed E-state index contributed by atoms with van der Waals surface area (Å²) < 4.78 is 5.86. The molecule has 1 unspecified atom stereocenters. The highest BCUT2D eigenvalue weighted by Gasteiger charge is 2.12. The summed E-state index contributed by atoms with van der Waals surface area (Å²) in [7, 11) is 4.08. The van der Waals surface area contributed by atoms with Gasteiger partial charge in [-0.3, -0.25) is 0 Å². The van der Waals surface area contributed by atoms with Crippen LogP contribution in [-0.2, 0) is 0 Å². The normalized spacial score (nSPS) is 12.7. The number of benzene rings is 1. The van der Waals surface area contributed by atoms with Crippen LogP contribution in [0.5, 0.6) is 5.75 Å². The van der Waals surface area contributed by atoms with Gasteiger partial charge in [-0.15, -0.1) is 0 Å². The topological polar surface area (TPSA) is 24.5 Å². The second kappa shape index (κ2) is 8.41. The zero-order valence-corrected chi connectivity index (χ0v) is 13.1. The Balaban J connectivity index is 2.73. The highest BCUT2D eigenvalue weighted by molar-refractivity contribution is 6.30. The lowest BCUT2D eigenvalue weighted by Crippen LogP contribution is -2.22. The van der Waals surface area contributed by atoms with Crippen molar-refractivity contribution in [3.63, 3.8) is 0 Å². The lowest BCUT2D eigenvalue weighted by molar-refractivity contribution is 0.258. The predicted molar refractivity (Wildman–Crippen MR) is 82.2 cm³/mol. The lowest BCUT2D eigenvalue weighted by Gasteiger charge is -2.19. The van der Waals surface area contributed by atoms with E-state index in [0.717, 1.165) is 35.8 Å². The monoisotopic (exact) mass is 284 g/mol. The summed E-state index contributed by atoms with van der Waals surface area (Å²) in [5.41, 5.74) is 1.12. The second-order valence-electron chi connectivity index (χ2n) is 5.01. The Morgan fingerprint density at radius 2 is 2.11 bits per heavy atom. The molecule has 1 aromatic carbocycles. The highest BCUT2D eigenvalue weighted by atomic mass is 35.5. The first kappa shape index (κ1) is 16.3. The third-order valence-corrected chi connectivity index (χ3v) is 3.17. The lowest BCUT2D eigenvalue weighted by atomic mass is 10.1. The first-order valence-corrected chi connectivity index (χ1v) is 7.22. The molecule has 0 aliphatic heterocycles. The van der Waals surface area contributed by atoms with Gasteiger partial charge >= 0.3 is 0 Å². The number of likely N-dealkylation sites (N-methyl/N-ethyl adjacent to an activating group) is 1. The second-order valence-corrected chi connectivity index (χ2v) is 5.45. The van der Waals surface area contributed by atoms with E-state index in [2.05, 4.69) is 24.1 Å². The van der Waals surface area contributed by atoms with E-state index in [0.29, 0.717) is 6.61 Å². The van der Waals surface area contributed by atoms with Crippen LogP contribution in [0.1, 0.15) is 31.9 Å². The molecule has 0 amide bonds. The van der Waals surface area contributed by atoms with Gasteiger partial charge in [-0.2, -0.15) is 0 Å². The van der Waals surface area contributed by atoms with E-state index in [1.165, 1.54) is 0 Å². The number of ether oxygens (including phenoxy) is 1. The van der Waals surface area contributed by atoms with E-state index < -0.39 is 0 Å². The maximum absolute atomic E-state index is 6.09. The Labute approximate surface area is 121 Å². The minimum atomic E-state index is 0.244. The first-order chi connectivity index (χ1) is 9.04. The summed E-state index contributed by atoms with van der Waals surface area (Å²) >= 11 is 6.09. The molecule has 0 saturated heterocycles. The molecule has 0 aliphatic carbocycles. The summed E-state index contributed by atoms with van der Waals surface area (Å²) in [6, 6.07) is 6.06. The maximum Gasteiger partial charge on any atom is 0.124 e. The van der Waals surface area contributed by atoms with Crippen LogP contribution in [0.4, 0.5) is 0 Å². The standard InChI is InChI=1S/C15H25ClN2O/c1-5-8-17-12(2)14-11-13(16)6-7-15(14)19-10-9-18(3)4/h6-7,11-12,17H,5,8-10H2,1-4H3. The fraction of sp³-hybridized carbons (Fsp3) is 0.600. The average Bonchev–Trinajstić information content (AvgIpc) is 2.37. The van der Waals surface area contributed by atoms with Gasteiger partial charge in [-0.25, -0.2) is 0 Å². The number of hydrogen-bond acceptors (Lipinski definition) is 3. The van der Waals surface area contributed by atoms with Crippen LogP contribution in [-0.4, -0.2) is 38.7 Å². The van der Waals surface area contributed by atoms with Gasteiger partial charge in [0, 0.05) is 23.2 Å². The molecule has 0 spiro atoms. The fourth-order valence-electron chi connectivity index (χ4n) is 1.80. The summed E-state index contributed by atoms with van der Waals surface area (Å²) in [4.78, 5) is 2.11. The molecule has 1 atom stereocenters. The molecule has 0 heterocycles. The van der Waals surface area contributed by atoms with Crippen molar-refractivity contribution in [3.8, 4) is 5.75 Å². The molecule has 0 aliphatic rings. The van der Waals surface area contributed by atoms with Crippen LogP contribution in [0, 0.1) is 0 Å². The van der Waals surface area contributed by atoms with Crippen LogP contribution in [0.2, 0.25) is 5.02 Å². The SMILES string of the molecule is CCCNC(C)c1cc(Cl)ccc1OCCN(C)C. The molecule has 0 fully saturated rings. The Morgan fingerprint density at radius 3 is 2.74 bits per heavy atom. The van der Waals surface area contributed by atoms with Gasteiger partial charge in [0.1, 0.15) is 12.4 Å². The van der Waals surface area contributed by atoms with Crippen molar-refractivity contribution in [3.05, 3.63) is 28.8 Å². The molecule has 108 valence electrons. The van der Waals surface area contributed by atoms with Crippen LogP contribution < -0.4 is 10.1 Å². The Morgan fingerprint density at radius 1 is 1.37 bits per heavy atom. The summed E-state index contributed by atoms with van der Waals surface area (Å²) in [5, 5.41) is 4.22. The van der Waals surface area contributed by atoms with E-state index >= 15 is 0 Å². The van der Waals surface area contributed by atoms with Crippen LogP contribution in [0.25, 0.3) is 0 Å². The molecule has 0 bridgehead atoms. The Kier molecular flexibility index (Phi) is 7.21. The van der Waals surface area contributed by atoms with Gasteiger partial charge in [-0.05, 0) is 52.2 Å². The van der Waals surface area contributed by atoms with Gasteiger partial charge in [0.25, 0.3) is 0 Å². The zero-order chi connectivity index (χ0) is 14.3. The van der Waals surface area contributed by atoms with Crippen LogP contribution >= 0.6 is 11.6 Å². The van der Waals surface area contributed by atoms with Gasteiger partial charge in [-0.1, -0.05) is 18.5 Å². The largest absolute Gasteiger partial charge is 0.492 e. The molecule has 19 heavy (non-hydrogen) atoms. The number of halogens is 1. The molecular formula is C15H25ClN2O. The Bertz CT molecular complexity index is 382. The van der Waals surface area contributed by atoms with Crippen molar-refractivity contribution in [2.75, 3.05) is 33.8 Å². The third-order valence-electron chi connectivity index (χ3n) is 2.93. The van der Waals surface area contributed by atoms with Crippen LogP contribution in [0.15, 0.2) is 18.2 Å². The van der Waals surface area contributed by atoms with Gasteiger partial charge in [0.2, 0.25) is 0 Å². The summed E-state index contributed by atoms with van der Waals surface area (Å²) in [5.74, 6) is 0.919. The van der Waals surface area contributed by atoms with E-state index in [1.807, 2.05) is 32.3 Å².